The van der Waals surface area contributed by atoms with Gasteiger partial charge in [-0.3, -0.25) is 4.79 Å². The van der Waals surface area contributed by atoms with Crippen LogP contribution in [0.15, 0.2) is 29.2 Å². The van der Waals surface area contributed by atoms with Crippen molar-refractivity contribution in [1.29, 1.82) is 0 Å². The molecule has 1 aliphatic heterocycles. The molecule has 1 atom stereocenters. The molecule has 156 valence electrons. The minimum absolute atomic E-state index is 0.0366. The third kappa shape index (κ3) is 5.55. The molecular formula is C19H28N2O5S2. The van der Waals surface area contributed by atoms with Gasteiger partial charge in [0, 0.05) is 18.5 Å². The Bertz CT molecular complexity index is 902. The molecule has 1 unspecified atom stereocenters. The average molecular weight is 429 g/mol. The largest absolute Gasteiger partial charge is 0.352 e. The van der Waals surface area contributed by atoms with Gasteiger partial charge in [-0.2, -0.15) is 0 Å². The van der Waals surface area contributed by atoms with Crippen molar-refractivity contribution in [3.63, 3.8) is 0 Å². The second-order valence-electron chi connectivity index (χ2n) is 7.99. The number of nitrogens with one attached hydrogen (secondary N) is 2. The van der Waals surface area contributed by atoms with Gasteiger partial charge in [-0.1, -0.05) is 17.7 Å². The number of aryl methyl sites for hydroxylation is 1. The summed E-state index contributed by atoms with van der Waals surface area (Å²) in [4.78, 5) is 12.6. The zero-order chi connectivity index (χ0) is 20.4. The van der Waals surface area contributed by atoms with Gasteiger partial charge >= 0.3 is 0 Å². The van der Waals surface area contributed by atoms with Crippen LogP contribution >= 0.6 is 0 Å². The molecule has 1 saturated carbocycles. The monoisotopic (exact) mass is 428 g/mol. The predicted molar refractivity (Wildman–Crippen MR) is 107 cm³/mol. The highest BCUT2D eigenvalue weighted by atomic mass is 32.2. The van der Waals surface area contributed by atoms with Gasteiger partial charge in [0.05, 0.1) is 16.4 Å². The molecule has 1 aromatic rings. The molecule has 2 N–H and O–H groups in total. The van der Waals surface area contributed by atoms with Crippen LogP contribution in [0.5, 0.6) is 0 Å². The van der Waals surface area contributed by atoms with Crippen molar-refractivity contribution in [2.45, 2.75) is 50.0 Å². The van der Waals surface area contributed by atoms with Crippen LogP contribution in [0.1, 0.15) is 37.7 Å². The lowest BCUT2D eigenvalue weighted by Gasteiger charge is -2.28. The third-order valence-electron chi connectivity index (χ3n) is 5.69. The number of sulfonamides is 1. The van der Waals surface area contributed by atoms with Crippen molar-refractivity contribution < 1.29 is 21.6 Å². The topological polar surface area (TPSA) is 109 Å². The Morgan fingerprint density at radius 3 is 2.29 bits per heavy atom. The Morgan fingerprint density at radius 1 is 1.07 bits per heavy atom. The van der Waals surface area contributed by atoms with E-state index in [2.05, 4.69) is 10.0 Å². The number of benzene rings is 1. The first-order chi connectivity index (χ1) is 13.1. The van der Waals surface area contributed by atoms with Gasteiger partial charge in [0.25, 0.3) is 0 Å². The molecule has 1 heterocycles. The Hall–Kier alpha value is -1.45. The van der Waals surface area contributed by atoms with Crippen LogP contribution in [-0.4, -0.2) is 46.8 Å². The fourth-order valence-corrected chi connectivity index (χ4v) is 6.67. The molecule has 1 aliphatic carbocycles. The summed E-state index contributed by atoms with van der Waals surface area (Å²) in [5, 5.41) is 2.87. The summed E-state index contributed by atoms with van der Waals surface area (Å²) < 4.78 is 50.5. The summed E-state index contributed by atoms with van der Waals surface area (Å²) in [6.07, 6.45) is 3.43. The normalized spacial score (nSPS) is 27.4. The molecule has 3 rings (SSSR count). The van der Waals surface area contributed by atoms with Crippen molar-refractivity contribution in [3.8, 4) is 0 Å². The molecule has 2 fully saturated rings. The number of sulfone groups is 1. The second kappa shape index (κ2) is 8.51. The van der Waals surface area contributed by atoms with Gasteiger partial charge in [0.1, 0.15) is 0 Å². The molecule has 0 bridgehead atoms. The molecule has 0 radical (unpaired) electrons. The molecule has 7 nitrogen and oxygen atoms in total. The van der Waals surface area contributed by atoms with Crippen molar-refractivity contribution in [2.24, 2.45) is 11.8 Å². The zero-order valence-electron chi connectivity index (χ0n) is 16.1. The summed E-state index contributed by atoms with van der Waals surface area (Å²) in [6, 6.07) is 6.48. The van der Waals surface area contributed by atoms with Crippen molar-refractivity contribution >= 4 is 25.8 Å². The SMILES string of the molecule is Cc1ccc(S(=O)(=O)NCC2CCC(C(=O)NC3CCS(=O)(=O)C3)CC2)cc1. The lowest BCUT2D eigenvalue weighted by molar-refractivity contribution is -0.126. The van der Waals surface area contributed by atoms with Crippen LogP contribution in [0, 0.1) is 18.8 Å². The highest BCUT2D eigenvalue weighted by molar-refractivity contribution is 7.91. The first-order valence-electron chi connectivity index (χ1n) is 9.72. The van der Waals surface area contributed by atoms with Crippen LogP contribution in [0.4, 0.5) is 0 Å². The van der Waals surface area contributed by atoms with Crippen molar-refractivity contribution in [2.75, 3.05) is 18.1 Å². The van der Waals surface area contributed by atoms with Gasteiger partial charge in [-0.05, 0) is 57.1 Å². The maximum absolute atomic E-state index is 12.4. The number of hydrogen-bond acceptors (Lipinski definition) is 5. The number of carbonyl (C=O) groups is 1. The summed E-state index contributed by atoms with van der Waals surface area (Å²) in [5.74, 6) is 0.200. The summed E-state index contributed by atoms with van der Waals surface area (Å²) in [6.45, 7) is 2.27. The first kappa shape index (κ1) is 21.3. The molecule has 28 heavy (non-hydrogen) atoms. The number of rotatable bonds is 6. The van der Waals surface area contributed by atoms with E-state index >= 15 is 0 Å². The lowest BCUT2D eigenvalue weighted by atomic mass is 9.81. The quantitative estimate of drug-likeness (QED) is 0.711. The standard InChI is InChI=1S/C19H28N2O5S2/c1-14-2-8-18(9-3-14)28(25,26)20-12-15-4-6-16(7-5-15)19(22)21-17-10-11-27(23,24)13-17/h2-3,8-9,15-17,20H,4-7,10-13H2,1H3,(H,21,22). The van der Waals surface area contributed by atoms with Crippen molar-refractivity contribution in [1.82, 2.24) is 10.0 Å². The van der Waals surface area contributed by atoms with E-state index in [1.54, 1.807) is 24.3 Å². The Balaban J connectivity index is 1.44. The van der Waals surface area contributed by atoms with Gasteiger partial charge in [-0.25, -0.2) is 21.6 Å². The minimum atomic E-state index is -3.52. The molecule has 0 spiro atoms. The highest BCUT2D eigenvalue weighted by Gasteiger charge is 2.32. The fourth-order valence-electron chi connectivity index (χ4n) is 3.88. The number of amides is 1. The van der Waals surface area contributed by atoms with E-state index in [0.717, 1.165) is 18.4 Å². The summed E-state index contributed by atoms with van der Waals surface area (Å²) in [7, 11) is -6.53. The van der Waals surface area contributed by atoms with E-state index in [1.165, 1.54) is 0 Å². The molecule has 1 aromatic carbocycles. The van der Waals surface area contributed by atoms with E-state index in [9.17, 15) is 21.6 Å². The average Bonchev–Trinajstić information content (AvgIpc) is 2.99. The first-order valence-corrected chi connectivity index (χ1v) is 13.0. The summed E-state index contributed by atoms with van der Waals surface area (Å²) in [5.41, 5.74) is 1.01. The second-order valence-corrected chi connectivity index (χ2v) is 12.0. The van der Waals surface area contributed by atoms with E-state index in [4.69, 9.17) is 0 Å². The molecule has 1 saturated heterocycles. The van der Waals surface area contributed by atoms with Gasteiger partial charge < -0.3 is 5.32 Å². The maximum atomic E-state index is 12.4. The van der Waals surface area contributed by atoms with Crippen LogP contribution in [0.25, 0.3) is 0 Å². The van der Waals surface area contributed by atoms with Gasteiger partial charge in [-0.15, -0.1) is 0 Å². The van der Waals surface area contributed by atoms with E-state index < -0.39 is 19.9 Å². The smallest absolute Gasteiger partial charge is 0.240 e. The Kier molecular flexibility index (Phi) is 6.46. The third-order valence-corrected chi connectivity index (χ3v) is 8.90. The van der Waals surface area contributed by atoms with Gasteiger partial charge in [0.2, 0.25) is 15.9 Å². The minimum Gasteiger partial charge on any atom is -0.352 e. The molecule has 9 heteroatoms. The summed E-state index contributed by atoms with van der Waals surface area (Å²) >= 11 is 0. The lowest BCUT2D eigenvalue weighted by Crippen LogP contribution is -2.41. The van der Waals surface area contributed by atoms with Crippen LogP contribution in [0.2, 0.25) is 0 Å². The fraction of sp³-hybridized carbons (Fsp3) is 0.632. The predicted octanol–water partition coefficient (Wildman–Crippen LogP) is 1.38. The van der Waals surface area contributed by atoms with E-state index in [-0.39, 0.29) is 40.2 Å². The van der Waals surface area contributed by atoms with Crippen LogP contribution in [0.3, 0.4) is 0 Å². The molecule has 0 aromatic heterocycles. The zero-order valence-corrected chi connectivity index (χ0v) is 17.7. The Labute approximate surface area is 167 Å². The molecule has 1 amide bonds. The van der Waals surface area contributed by atoms with Crippen LogP contribution in [-0.2, 0) is 24.7 Å². The van der Waals surface area contributed by atoms with E-state index in [1.807, 2.05) is 6.92 Å². The van der Waals surface area contributed by atoms with E-state index in [0.29, 0.717) is 25.8 Å². The Morgan fingerprint density at radius 2 is 1.71 bits per heavy atom. The van der Waals surface area contributed by atoms with Gasteiger partial charge in [0.15, 0.2) is 9.84 Å². The maximum Gasteiger partial charge on any atom is 0.240 e. The molecule has 2 aliphatic rings. The molecular weight excluding hydrogens is 400 g/mol. The number of carbonyl (C=O) groups excluding carboxylic acids is 1. The number of hydrogen-bond donors (Lipinski definition) is 2. The van der Waals surface area contributed by atoms with Crippen molar-refractivity contribution in [3.05, 3.63) is 29.8 Å². The highest BCUT2D eigenvalue weighted by Crippen LogP contribution is 2.29. The van der Waals surface area contributed by atoms with Crippen LogP contribution < -0.4 is 10.0 Å².